The molecule has 106 valence electrons. The van der Waals surface area contributed by atoms with E-state index in [2.05, 4.69) is 5.32 Å². The van der Waals surface area contributed by atoms with E-state index in [1.54, 1.807) is 13.1 Å². The van der Waals surface area contributed by atoms with Crippen molar-refractivity contribution in [3.8, 4) is 0 Å². The highest BCUT2D eigenvalue weighted by atomic mass is 19.1. The average molecular weight is 267 g/mol. The van der Waals surface area contributed by atoms with Gasteiger partial charge in [-0.05, 0) is 30.7 Å². The minimum Gasteiger partial charge on any atom is -0.358 e. The number of carbonyl (C=O) groups excluding carboxylic acids is 1. The van der Waals surface area contributed by atoms with Crippen LogP contribution in [0.25, 0.3) is 0 Å². The highest BCUT2D eigenvalue weighted by Crippen LogP contribution is 2.20. The molecule has 3 N–H and O–H groups in total. The molecule has 1 aromatic carbocycles. The number of rotatable bonds is 7. The van der Waals surface area contributed by atoms with Crippen LogP contribution in [-0.4, -0.2) is 37.5 Å². The summed E-state index contributed by atoms with van der Waals surface area (Å²) in [5, 5.41) is 2.60. The van der Waals surface area contributed by atoms with Crippen LogP contribution in [0.1, 0.15) is 24.9 Å². The third-order valence-electron chi connectivity index (χ3n) is 3.03. The second-order valence-corrected chi connectivity index (χ2v) is 4.45. The third kappa shape index (κ3) is 4.61. The first-order valence-electron chi connectivity index (χ1n) is 6.52. The molecule has 0 aromatic heterocycles. The molecule has 19 heavy (non-hydrogen) atoms. The lowest BCUT2D eigenvalue weighted by atomic mass is 10.0. The lowest BCUT2D eigenvalue weighted by Crippen LogP contribution is -2.41. The Hall–Kier alpha value is -1.46. The number of carbonyl (C=O) groups is 1. The van der Waals surface area contributed by atoms with Gasteiger partial charge < -0.3 is 11.1 Å². The summed E-state index contributed by atoms with van der Waals surface area (Å²) in [5.41, 5.74) is 6.61. The highest BCUT2D eigenvalue weighted by Gasteiger charge is 2.20. The molecule has 4 nitrogen and oxygen atoms in total. The fourth-order valence-electron chi connectivity index (χ4n) is 2.11. The maximum absolute atomic E-state index is 13.3. The zero-order valence-corrected chi connectivity index (χ0v) is 11.5. The Morgan fingerprint density at radius 2 is 2.26 bits per heavy atom. The van der Waals surface area contributed by atoms with E-state index in [0.29, 0.717) is 6.54 Å². The lowest BCUT2D eigenvalue weighted by molar-refractivity contribution is -0.122. The summed E-state index contributed by atoms with van der Waals surface area (Å²) < 4.78 is 13.3. The molecule has 0 aliphatic rings. The summed E-state index contributed by atoms with van der Waals surface area (Å²) in [6, 6.07) is 6.24. The van der Waals surface area contributed by atoms with E-state index in [1.807, 2.05) is 17.9 Å². The molecule has 0 spiro atoms. The van der Waals surface area contributed by atoms with E-state index in [1.165, 1.54) is 12.1 Å². The summed E-state index contributed by atoms with van der Waals surface area (Å²) in [7, 11) is 1.60. The van der Waals surface area contributed by atoms with Crippen LogP contribution in [0, 0.1) is 5.82 Å². The van der Waals surface area contributed by atoms with Crippen molar-refractivity contribution in [2.45, 2.75) is 19.4 Å². The quantitative estimate of drug-likeness (QED) is 0.782. The van der Waals surface area contributed by atoms with Crippen LogP contribution in [-0.2, 0) is 4.79 Å². The number of nitrogens with one attached hydrogen (secondary N) is 1. The average Bonchev–Trinajstić information content (AvgIpc) is 2.39. The first-order valence-corrected chi connectivity index (χ1v) is 6.52. The minimum absolute atomic E-state index is 0.0664. The number of halogens is 1. The van der Waals surface area contributed by atoms with Gasteiger partial charge in [0, 0.05) is 19.6 Å². The molecule has 1 unspecified atom stereocenters. The van der Waals surface area contributed by atoms with Crippen LogP contribution in [0.4, 0.5) is 4.39 Å². The summed E-state index contributed by atoms with van der Waals surface area (Å²) in [4.78, 5) is 13.5. The van der Waals surface area contributed by atoms with Crippen molar-refractivity contribution in [2.75, 3.05) is 26.7 Å². The molecule has 0 saturated heterocycles. The van der Waals surface area contributed by atoms with Crippen molar-refractivity contribution in [1.82, 2.24) is 10.2 Å². The molecular formula is C14H22FN3O. The van der Waals surface area contributed by atoms with E-state index in [9.17, 15) is 9.18 Å². The number of nitrogens with zero attached hydrogens (tertiary/aromatic N) is 1. The molecule has 0 saturated carbocycles. The van der Waals surface area contributed by atoms with Crippen LogP contribution < -0.4 is 11.1 Å². The molecule has 1 rings (SSSR count). The van der Waals surface area contributed by atoms with Crippen molar-refractivity contribution in [1.29, 1.82) is 0 Å². The Morgan fingerprint density at radius 1 is 1.53 bits per heavy atom. The Balaban J connectivity index is 2.92. The van der Waals surface area contributed by atoms with E-state index < -0.39 is 0 Å². The van der Waals surface area contributed by atoms with Gasteiger partial charge in [0.2, 0.25) is 5.91 Å². The normalized spacial score (nSPS) is 12.5. The Bertz CT molecular complexity index is 411. The molecule has 0 radical (unpaired) electrons. The predicted molar refractivity (Wildman–Crippen MR) is 74.1 cm³/mol. The molecular weight excluding hydrogens is 245 g/mol. The second-order valence-electron chi connectivity index (χ2n) is 4.45. The van der Waals surface area contributed by atoms with E-state index >= 15 is 0 Å². The molecule has 0 aliphatic heterocycles. The van der Waals surface area contributed by atoms with Gasteiger partial charge in [-0.1, -0.05) is 19.1 Å². The van der Waals surface area contributed by atoms with Crippen LogP contribution in [0.5, 0.6) is 0 Å². The molecule has 1 amide bonds. The fraction of sp³-hybridized carbons (Fsp3) is 0.500. The van der Waals surface area contributed by atoms with Crippen LogP contribution >= 0.6 is 0 Å². The number of amides is 1. The standard InChI is InChI=1S/C14H22FN3O/c1-3-7-18(10-14(19)17-2)13(9-16)11-5-4-6-12(15)8-11/h4-6,8,13H,3,7,9-10,16H2,1-2H3,(H,17,19). The third-order valence-corrected chi connectivity index (χ3v) is 3.03. The van der Waals surface area contributed by atoms with Gasteiger partial charge >= 0.3 is 0 Å². The Kier molecular flexibility index (Phi) is 6.45. The van der Waals surface area contributed by atoms with Crippen molar-refractivity contribution in [3.63, 3.8) is 0 Å². The molecule has 0 heterocycles. The van der Waals surface area contributed by atoms with E-state index in [4.69, 9.17) is 5.73 Å². The van der Waals surface area contributed by atoms with Crippen LogP contribution in [0.2, 0.25) is 0 Å². The summed E-state index contributed by atoms with van der Waals surface area (Å²) in [6.07, 6.45) is 0.906. The predicted octanol–water partition coefficient (Wildman–Crippen LogP) is 1.28. The summed E-state index contributed by atoms with van der Waals surface area (Å²) in [5.74, 6) is -0.351. The topological polar surface area (TPSA) is 58.4 Å². The summed E-state index contributed by atoms with van der Waals surface area (Å²) >= 11 is 0. The van der Waals surface area contributed by atoms with Gasteiger partial charge in [-0.2, -0.15) is 0 Å². The molecule has 0 fully saturated rings. The van der Waals surface area contributed by atoms with E-state index in [-0.39, 0.29) is 24.3 Å². The van der Waals surface area contributed by atoms with Crippen molar-refractivity contribution < 1.29 is 9.18 Å². The van der Waals surface area contributed by atoms with Gasteiger partial charge in [-0.3, -0.25) is 9.69 Å². The first kappa shape index (κ1) is 15.6. The number of hydrogen-bond donors (Lipinski definition) is 2. The SMILES string of the molecule is CCCN(CC(=O)NC)C(CN)c1cccc(F)c1. The fourth-order valence-corrected chi connectivity index (χ4v) is 2.11. The highest BCUT2D eigenvalue weighted by molar-refractivity contribution is 5.77. The minimum atomic E-state index is -0.285. The largest absolute Gasteiger partial charge is 0.358 e. The number of likely N-dealkylation sites (N-methyl/N-ethyl adjacent to an activating group) is 1. The maximum atomic E-state index is 13.3. The van der Waals surface area contributed by atoms with Crippen molar-refractivity contribution >= 4 is 5.91 Å². The zero-order valence-electron chi connectivity index (χ0n) is 11.5. The molecule has 1 atom stereocenters. The van der Waals surface area contributed by atoms with Gasteiger partial charge in [-0.15, -0.1) is 0 Å². The van der Waals surface area contributed by atoms with Gasteiger partial charge in [0.15, 0.2) is 0 Å². The van der Waals surface area contributed by atoms with Crippen LogP contribution in [0.3, 0.4) is 0 Å². The number of benzene rings is 1. The first-order chi connectivity index (χ1) is 9.12. The Labute approximate surface area is 113 Å². The van der Waals surface area contributed by atoms with E-state index in [0.717, 1.165) is 18.5 Å². The molecule has 5 heteroatoms. The van der Waals surface area contributed by atoms with Crippen LogP contribution in [0.15, 0.2) is 24.3 Å². The molecule has 1 aromatic rings. The van der Waals surface area contributed by atoms with Gasteiger partial charge in [0.05, 0.1) is 6.54 Å². The summed E-state index contributed by atoms with van der Waals surface area (Å²) in [6.45, 7) is 3.39. The van der Waals surface area contributed by atoms with Gasteiger partial charge in [0.1, 0.15) is 5.82 Å². The number of nitrogens with two attached hydrogens (primary N) is 1. The van der Waals surface area contributed by atoms with Gasteiger partial charge in [0.25, 0.3) is 0 Å². The second kappa shape index (κ2) is 7.86. The van der Waals surface area contributed by atoms with Crippen molar-refractivity contribution in [3.05, 3.63) is 35.6 Å². The lowest BCUT2D eigenvalue weighted by Gasteiger charge is -2.30. The molecule has 0 bridgehead atoms. The smallest absolute Gasteiger partial charge is 0.233 e. The maximum Gasteiger partial charge on any atom is 0.233 e. The monoisotopic (exact) mass is 267 g/mol. The number of hydrogen-bond acceptors (Lipinski definition) is 3. The molecule has 0 aliphatic carbocycles. The Morgan fingerprint density at radius 3 is 2.79 bits per heavy atom. The van der Waals surface area contributed by atoms with Gasteiger partial charge in [-0.25, -0.2) is 4.39 Å². The zero-order chi connectivity index (χ0) is 14.3. The van der Waals surface area contributed by atoms with Crippen molar-refractivity contribution in [2.24, 2.45) is 5.73 Å².